The molecule has 70 valence electrons. The summed E-state index contributed by atoms with van der Waals surface area (Å²) < 4.78 is 0. The number of nitrogens with one attached hydrogen (secondary N) is 1. The van der Waals surface area contributed by atoms with Crippen LogP contribution < -0.4 is 5.32 Å². The van der Waals surface area contributed by atoms with Crippen molar-refractivity contribution in [3.63, 3.8) is 0 Å². The first-order valence-electron chi connectivity index (χ1n) is 4.80. The molecule has 0 amide bonds. The zero-order valence-corrected chi connectivity index (χ0v) is 8.35. The average Bonchev–Trinajstić information content (AvgIpc) is 2.88. The van der Waals surface area contributed by atoms with Gasteiger partial charge in [0.1, 0.15) is 0 Å². The Morgan fingerprint density at radius 1 is 1.38 bits per heavy atom. The largest absolute Gasteiger partial charge is 0.312 e. The number of hydrogen-bond acceptors (Lipinski definition) is 1. The van der Waals surface area contributed by atoms with Crippen molar-refractivity contribution in [3.05, 3.63) is 34.9 Å². The fraction of sp³-hybridized carbons (Fsp3) is 0.455. The fourth-order valence-corrected chi connectivity index (χ4v) is 1.60. The first-order chi connectivity index (χ1) is 6.34. The number of halogens is 1. The Morgan fingerprint density at radius 3 is 2.92 bits per heavy atom. The summed E-state index contributed by atoms with van der Waals surface area (Å²) in [5, 5.41) is 4.26. The van der Waals surface area contributed by atoms with Crippen molar-refractivity contribution >= 4 is 11.6 Å². The highest BCUT2D eigenvalue weighted by Crippen LogP contribution is 2.27. The minimum Gasteiger partial charge on any atom is -0.312 e. The van der Waals surface area contributed by atoms with Crippen LogP contribution in [0.5, 0.6) is 0 Å². The highest BCUT2D eigenvalue weighted by atomic mass is 35.5. The molecule has 1 fully saturated rings. The van der Waals surface area contributed by atoms with Crippen molar-refractivity contribution < 1.29 is 0 Å². The second kappa shape index (κ2) is 4.12. The van der Waals surface area contributed by atoms with Gasteiger partial charge in [-0.1, -0.05) is 23.7 Å². The van der Waals surface area contributed by atoms with Crippen LogP contribution in [0, 0.1) is 5.92 Å². The summed E-state index contributed by atoms with van der Waals surface area (Å²) in [5.41, 5.74) is 1.27. The minimum absolute atomic E-state index is 0.825. The topological polar surface area (TPSA) is 12.0 Å². The van der Waals surface area contributed by atoms with Crippen LogP contribution in [-0.4, -0.2) is 6.54 Å². The molecule has 0 bridgehead atoms. The molecule has 2 rings (SSSR count). The van der Waals surface area contributed by atoms with Gasteiger partial charge in [0, 0.05) is 11.6 Å². The van der Waals surface area contributed by atoms with E-state index in [0.717, 1.165) is 24.0 Å². The minimum atomic E-state index is 0.825. The molecule has 1 N–H and O–H groups in total. The van der Waals surface area contributed by atoms with E-state index in [1.165, 1.54) is 18.4 Å². The van der Waals surface area contributed by atoms with Gasteiger partial charge >= 0.3 is 0 Å². The lowest BCUT2D eigenvalue weighted by atomic mass is 10.2. The molecule has 0 atom stereocenters. The summed E-state index contributed by atoms with van der Waals surface area (Å²) in [4.78, 5) is 0. The fourth-order valence-electron chi connectivity index (χ4n) is 1.39. The van der Waals surface area contributed by atoms with Gasteiger partial charge in [-0.3, -0.25) is 0 Å². The predicted octanol–water partition coefficient (Wildman–Crippen LogP) is 2.84. The van der Waals surface area contributed by atoms with Crippen LogP contribution in [0.25, 0.3) is 0 Å². The molecule has 0 saturated heterocycles. The van der Waals surface area contributed by atoms with Gasteiger partial charge in [-0.25, -0.2) is 0 Å². The van der Waals surface area contributed by atoms with E-state index in [1.807, 2.05) is 18.2 Å². The Hall–Kier alpha value is -0.530. The van der Waals surface area contributed by atoms with Crippen LogP contribution in [0.3, 0.4) is 0 Å². The van der Waals surface area contributed by atoms with E-state index in [1.54, 1.807) is 0 Å². The summed E-state index contributed by atoms with van der Waals surface area (Å²) >= 11 is 5.87. The van der Waals surface area contributed by atoms with E-state index in [-0.39, 0.29) is 0 Å². The van der Waals surface area contributed by atoms with Gasteiger partial charge in [-0.05, 0) is 43.0 Å². The zero-order valence-electron chi connectivity index (χ0n) is 7.59. The monoisotopic (exact) mass is 195 g/mol. The molecule has 0 aliphatic heterocycles. The van der Waals surface area contributed by atoms with E-state index in [4.69, 9.17) is 11.6 Å². The maximum Gasteiger partial charge on any atom is 0.0409 e. The van der Waals surface area contributed by atoms with Crippen LogP contribution in [0.15, 0.2) is 24.3 Å². The summed E-state index contributed by atoms with van der Waals surface area (Å²) in [7, 11) is 0. The number of rotatable bonds is 4. The molecular weight excluding hydrogens is 182 g/mol. The van der Waals surface area contributed by atoms with Crippen molar-refractivity contribution in [1.29, 1.82) is 0 Å². The average molecular weight is 196 g/mol. The Balaban J connectivity index is 1.79. The van der Waals surface area contributed by atoms with Crippen LogP contribution in [0.2, 0.25) is 5.02 Å². The Kier molecular flexibility index (Phi) is 2.87. The van der Waals surface area contributed by atoms with E-state index in [2.05, 4.69) is 11.4 Å². The molecule has 0 spiro atoms. The number of hydrogen-bond donors (Lipinski definition) is 1. The molecule has 0 unspecified atom stereocenters. The lowest BCUT2D eigenvalue weighted by molar-refractivity contribution is 0.639. The lowest BCUT2D eigenvalue weighted by Crippen LogP contribution is -2.15. The Bertz CT molecular complexity index is 281. The van der Waals surface area contributed by atoms with Gasteiger partial charge < -0.3 is 5.32 Å². The van der Waals surface area contributed by atoms with Crippen molar-refractivity contribution in [2.45, 2.75) is 19.4 Å². The second-order valence-electron chi connectivity index (χ2n) is 3.70. The van der Waals surface area contributed by atoms with Crippen molar-refractivity contribution in [2.75, 3.05) is 6.54 Å². The quantitative estimate of drug-likeness (QED) is 0.779. The normalized spacial score (nSPS) is 16.1. The van der Waals surface area contributed by atoms with Crippen LogP contribution >= 0.6 is 11.6 Å². The highest BCUT2D eigenvalue weighted by molar-refractivity contribution is 6.30. The molecule has 1 saturated carbocycles. The molecule has 1 nitrogen and oxygen atoms in total. The van der Waals surface area contributed by atoms with Gasteiger partial charge in [0.2, 0.25) is 0 Å². The first kappa shape index (κ1) is 9.04. The molecule has 0 radical (unpaired) electrons. The third-order valence-corrected chi connectivity index (χ3v) is 2.58. The molecule has 0 heterocycles. The smallest absolute Gasteiger partial charge is 0.0409 e. The molecule has 0 aromatic heterocycles. The van der Waals surface area contributed by atoms with Crippen LogP contribution in [0.1, 0.15) is 18.4 Å². The van der Waals surface area contributed by atoms with E-state index >= 15 is 0 Å². The third kappa shape index (κ3) is 3.02. The highest BCUT2D eigenvalue weighted by Gasteiger charge is 2.19. The third-order valence-electron chi connectivity index (χ3n) is 2.35. The summed E-state index contributed by atoms with van der Waals surface area (Å²) in [6.45, 7) is 2.10. The standard InChI is InChI=1S/C11H14ClN/c12-11-3-1-2-10(6-11)8-13-7-9-4-5-9/h1-3,6,9,13H,4-5,7-8H2. The summed E-state index contributed by atoms with van der Waals surface area (Å²) in [5.74, 6) is 0.944. The molecule has 1 aliphatic rings. The van der Waals surface area contributed by atoms with Gasteiger partial charge in [0.25, 0.3) is 0 Å². The summed E-state index contributed by atoms with van der Waals surface area (Å²) in [6, 6.07) is 8.02. The Labute approximate surface area is 84.1 Å². The number of benzene rings is 1. The van der Waals surface area contributed by atoms with Gasteiger partial charge in [-0.15, -0.1) is 0 Å². The molecule has 2 heteroatoms. The molecule has 13 heavy (non-hydrogen) atoms. The van der Waals surface area contributed by atoms with E-state index in [0.29, 0.717) is 0 Å². The van der Waals surface area contributed by atoms with Crippen molar-refractivity contribution in [3.8, 4) is 0 Å². The maximum absolute atomic E-state index is 5.87. The maximum atomic E-state index is 5.87. The van der Waals surface area contributed by atoms with Crippen LogP contribution in [0.4, 0.5) is 0 Å². The van der Waals surface area contributed by atoms with Gasteiger partial charge in [0.15, 0.2) is 0 Å². The summed E-state index contributed by atoms with van der Waals surface area (Å²) in [6.07, 6.45) is 2.81. The lowest BCUT2D eigenvalue weighted by Gasteiger charge is -2.03. The van der Waals surface area contributed by atoms with Gasteiger partial charge in [-0.2, -0.15) is 0 Å². The van der Waals surface area contributed by atoms with E-state index in [9.17, 15) is 0 Å². The van der Waals surface area contributed by atoms with Crippen LogP contribution in [-0.2, 0) is 6.54 Å². The van der Waals surface area contributed by atoms with Crippen molar-refractivity contribution in [2.24, 2.45) is 5.92 Å². The zero-order chi connectivity index (χ0) is 9.10. The SMILES string of the molecule is Clc1cccc(CNCC2CC2)c1. The molecule has 1 aliphatic carbocycles. The molecular formula is C11H14ClN. The molecule has 1 aromatic carbocycles. The van der Waals surface area contributed by atoms with E-state index < -0.39 is 0 Å². The van der Waals surface area contributed by atoms with Gasteiger partial charge in [0.05, 0.1) is 0 Å². The Morgan fingerprint density at radius 2 is 2.23 bits per heavy atom. The first-order valence-corrected chi connectivity index (χ1v) is 5.17. The van der Waals surface area contributed by atoms with Crippen molar-refractivity contribution in [1.82, 2.24) is 5.32 Å². The second-order valence-corrected chi connectivity index (χ2v) is 4.14. The molecule has 1 aromatic rings. The predicted molar refractivity (Wildman–Crippen MR) is 55.9 cm³/mol.